The van der Waals surface area contributed by atoms with Crippen LogP contribution < -0.4 is 5.32 Å². The van der Waals surface area contributed by atoms with Gasteiger partial charge in [-0.15, -0.1) is 0 Å². The van der Waals surface area contributed by atoms with Crippen LogP contribution in [0.3, 0.4) is 0 Å². The predicted molar refractivity (Wildman–Crippen MR) is 98.7 cm³/mol. The van der Waals surface area contributed by atoms with Gasteiger partial charge in [-0.25, -0.2) is 0 Å². The molecule has 1 aromatic heterocycles. The summed E-state index contributed by atoms with van der Waals surface area (Å²) in [5.41, 5.74) is 7.33. The molecular weight excluding hydrogens is 296 g/mol. The van der Waals surface area contributed by atoms with Gasteiger partial charge in [-0.2, -0.15) is 0 Å². The molecule has 1 aliphatic rings. The third-order valence-electron chi connectivity index (χ3n) is 4.90. The second kappa shape index (κ2) is 6.84. The highest BCUT2D eigenvalue weighted by Gasteiger charge is 2.26. The van der Waals surface area contributed by atoms with E-state index in [1.807, 2.05) is 13.8 Å². The van der Waals surface area contributed by atoms with Crippen LogP contribution in [0.4, 0.5) is 0 Å². The van der Waals surface area contributed by atoms with Crippen molar-refractivity contribution in [1.29, 1.82) is 0 Å². The van der Waals surface area contributed by atoms with Crippen LogP contribution in [0.25, 0.3) is 0 Å². The number of benzene rings is 1. The first-order valence-electron chi connectivity index (χ1n) is 9.04. The first-order chi connectivity index (χ1) is 11.5. The van der Waals surface area contributed by atoms with Gasteiger partial charge < -0.3 is 9.88 Å². The van der Waals surface area contributed by atoms with Crippen molar-refractivity contribution in [1.82, 2.24) is 9.88 Å². The van der Waals surface area contributed by atoms with Gasteiger partial charge in [0.25, 0.3) is 5.91 Å². The van der Waals surface area contributed by atoms with Crippen LogP contribution in [0.15, 0.2) is 24.3 Å². The van der Waals surface area contributed by atoms with Crippen molar-refractivity contribution in [2.75, 3.05) is 0 Å². The molecule has 1 heterocycles. The highest BCUT2D eigenvalue weighted by Crippen LogP contribution is 2.30. The summed E-state index contributed by atoms with van der Waals surface area (Å²) in [4.78, 5) is 12.8. The Hall–Kier alpha value is -2.03. The smallest absolute Gasteiger partial charge is 0.268 e. The van der Waals surface area contributed by atoms with E-state index in [1.54, 1.807) is 0 Å². The zero-order valence-electron chi connectivity index (χ0n) is 15.3. The van der Waals surface area contributed by atoms with Crippen molar-refractivity contribution in [2.24, 2.45) is 0 Å². The topological polar surface area (TPSA) is 34.0 Å². The highest BCUT2D eigenvalue weighted by atomic mass is 16.2. The molecule has 0 bridgehead atoms. The molecule has 0 aliphatic heterocycles. The van der Waals surface area contributed by atoms with E-state index in [2.05, 4.69) is 48.0 Å². The predicted octanol–water partition coefficient (Wildman–Crippen LogP) is 4.17. The number of aromatic nitrogens is 1. The molecule has 0 fully saturated rings. The van der Waals surface area contributed by atoms with Gasteiger partial charge in [-0.3, -0.25) is 4.79 Å². The molecule has 0 radical (unpaired) electrons. The molecule has 24 heavy (non-hydrogen) atoms. The van der Waals surface area contributed by atoms with Crippen molar-refractivity contribution >= 4 is 5.91 Å². The standard InChI is InChI=1S/C21H28N2O/c1-14(2)22-21(24)20-16(4)18-10-5-6-11-19(18)23(20)13-17-9-7-8-15(3)12-17/h7-9,12,14H,5-6,10-11,13H2,1-4H3,(H,22,24). The first kappa shape index (κ1) is 16.8. The quantitative estimate of drug-likeness (QED) is 0.900. The Balaban J connectivity index is 2.06. The zero-order valence-corrected chi connectivity index (χ0v) is 15.3. The van der Waals surface area contributed by atoms with Crippen LogP contribution in [0.5, 0.6) is 0 Å². The van der Waals surface area contributed by atoms with Gasteiger partial charge in [0.2, 0.25) is 0 Å². The maximum Gasteiger partial charge on any atom is 0.268 e. The number of hydrogen-bond donors (Lipinski definition) is 1. The molecule has 1 amide bonds. The normalized spacial score (nSPS) is 13.9. The maximum absolute atomic E-state index is 12.8. The van der Waals surface area contributed by atoms with Crippen LogP contribution in [-0.4, -0.2) is 16.5 Å². The van der Waals surface area contributed by atoms with Gasteiger partial charge in [0.15, 0.2) is 0 Å². The van der Waals surface area contributed by atoms with Crippen LogP contribution >= 0.6 is 0 Å². The van der Waals surface area contributed by atoms with E-state index in [4.69, 9.17) is 0 Å². The van der Waals surface area contributed by atoms with Gasteiger partial charge >= 0.3 is 0 Å². The lowest BCUT2D eigenvalue weighted by Crippen LogP contribution is -2.32. The van der Waals surface area contributed by atoms with Crippen molar-refractivity contribution in [3.8, 4) is 0 Å². The molecule has 0 atom stereocenters. The number of hydrogen-bond acceptors (Lipinski definition) is 1. The summed E-state index contributed by atoms with van der Waals surface area (Å²) in [6, 6.07) is 8.74. The summed E-state index contributed by atoms with van der Waals surface area (Å²) in [5, 5.41) is 3.09. The molecule has 1 aromatic carbocycles. The highest BCUT2D eigenvalue weighted by molar-refractivity contribution is 5.95. The largest absolute Gasteiger partial charge is 0.349 e. The van der Waals surface area contributed by atoms with E-state index in [0.717, 1.165) is 25.1 Å². The molecule has 0 saturated heterocycles. The minimum absolute atomic E-state index is 0.0598. The van der Waals surface area contributed by atoms with Gasteiger partial charge in [0, 0.05) is 18.3 Å². The van der Waals surface area contributed by atoms with E-state index < -0.39 is 0 Å². The van der Waals surface area contributed by atoms with Crippen molar-refractivity contribution in [2.45, 2.75) is 66.0 Å². The van der Waals surface area contributed by atoms with Crippen molar-refractivity contribution < 1.29 is 4.79 Å². The number of fused-ring (bicyclic) bond motifs is 1. The van der Waals surface area contributed by atoms with E-state index in [1.165, 1.54) is 40.8 Å². The minimum Gasteiger partial charge on any atom is -0.349 e. The zero-order chi connectivity index (χ0) is 17.3. The fourth-order valence-electron chi connectivity index (χ4n) is 3.86. The fourth-order valence-corrected chi connectivity index (χ4v) is 3.86. The first-order valence-corrected chi connectivity index (χ1v) is 9.04. The number of nitrogens with one attached hydrogen (secondary N) is 1. The molecule has 128 valence electrons. The third kappa shape index (κ3) is 3.26. The summed E-state index contributed by atoms with van der Waals surface area (Å²) >= 11 is 0. The van der Waals surface area contributed by atoms with E-state index in [-0.39, 0.29) is 11.9 Å². The number of amides is 1. The van der Waals surface area contributed by atoms with Crippen molar-refractivity contribution in [3.05, 3.63) is 57.9 Å². The number of nitrogens with zero attached hydrogens (tertiary/aromatic N) is 1. The van der Waals surface area contributed by atoms with Crippen LogP contribution in [-0.2, 0) is 19.4 Å². The monoisotopic (exact) mass is 324 g/mol. The van der Waals surface area contributed by atoms with Crippen LogP contribution in [0.2, 0.25) is 0 Å². The maximum atomic E-state index is 12.8. The molecule has 0 saturated carbocycles. The summed E-state index contributed by atoms with van der Waals surface area (Å²) in [5.74, 6) is 0.0598. The lowest BCUT2D eigenvalue weighted by molar-refractivity contribution is 0.0933. The Morgan fingerprint density at radius 3 is 2.67 bits per heavy atom. The molecule has 0 unspecified atom stereocenters. The number of carbonyl (C=O) groups excluding carboxylic acids is 1. The summed E-state index contributed by atoms with van der Waals surface area (Å²) < 4.78 is 2.27. The lowest BCUT2D eigenvalue weighted by Gasteiger charge is -2.18. The van der Waals surface area contributed by atoms with Crippen LogP contribution in [0.1, 0.15) is 65.1 Å². The average Bonchev–Trinajstić information content (AvgIpc) is 2.80. The third-order valence-corrected chi connectivity index (χ3v) is 4.90. The summed E-state index contributed by atoms with van der Waals surface area (Å²) in [6.45, 7) is 9.04. The minimum atomic E-state index is 0.0598. The van der Waals surface area contributed by atoms with Gasteiger partial charge in [-0.1, -0.05) is 29.8 Å². The van der Waals surface area contributed by atoms with E-state index >= 15 is 0 Å². The molecule has 1 N–H and O–H groups in total. The SMILES string of the molecule is Cc1cccc(Cn2c3c(c(C)c2C(=O)NC(C)C)CCCC3)c1. The van der Waals surface area contributed by atoms with E-state index in [9.17, 15) is 4.79 Å². The molecule has 3 nitrogen and oxygen atoms in total. The van der Waals surface area contributed by atoms with Gasteiger partial charge in [0.05, 0.1) is 0 Å². The molecule has 2 aromatic rings. The molecule has 3 heteroatoms. The Morgan fingerprint density at radius 1 is 1.21 bits per heavy atom. The molecule has 0 spiro atoms. The molecule has 1 aliphatic carbocycles. The van der Waals surface area contributed by atoms with Crippen molar-refractivity contribution in [3.63, 3.8) is 0 Å². The van der Waals surface area contributed by atoms with Gasteiger partial charge in [-0.05, 0) is 70.1 Å². The second-order valence-electron chi connectivity index (χ2n) is 7.31. The van der Waals surface area contributed by atoms with Gasteiger partial charge in [0.1, 0.15) is 5.69 Å². The molecule has 3 rings (SSSR count). The fraction of sp³-hybridized carbons (Fsp3) is 0.476. The Labute approximate surface area is 145 Å². The summed E-state index contributed by atoms with van der Waals surface area (Å²) in [7, 11) is 0. The Morgan fingerprint density at radius 2 is 1.96 bits per heavy atom. The molecular formula is C21H28N2O. The Bertz CT molecular complexity index is 755. The summed E-state index contributed by atoms with van der Waals surface area (Å²) in [6.07, 6.45) is 4.63. The number of rotatable bonds is 4. The lowest BCUT2D eigenvalue weighted by atomic mass is 9.95. The van der Waals surface area contributed by atoms with E-state index in [0.29, 0.717) is 0 Å². The van der Waals surface area contributed by atoms with Crippen LogP contribution in [0, 0.1) is 13.8 Å². The average molecular weight is 324 g/mol. The number of aryl methyl sites for hydroxylation is 1. The Kier molecular flexibility index (Phi) is 4.79. The number of carbonyl (C=O) groups is 1. The second-order valence-corrected chi connectivity index (χ2v) is 7.31.